The monoisotopic (exact) mass is 181 g/mol. The Morgan fingerprint density at radius 3 is 1.45 bits per heavy atom. The lowest BCUT2D eigenvalue weighted by atomic mass is 10.9. The average molecular weight is 181 g/mol. The van der Waals surface area contributed by atoms with Crippen LogP contribution in [-0.4, -0.2) is 29.5 Å². The van der Waals surface area contributed by atoms with Gasteiger partial charge in [-0.15, -0.1) is 0 Å². The first kappa shape index (κ1) is 16.6. The molecule has 0 spiro atoms. The summed E-state index contributed by atoms with van der Waals surface area (Å²) < 4.78 is 0. The first-order valence-corrected chi connectivity index (χ1v) is 4.20. The van der Waals surface area contributed by atoms with E-state index in [4.69, 9.17) is 15.3 Å². The highest BCUT2D eigenvalue weighted by atomic mass is 32.2. The summed E-state index contributed by atoms with van der Waals surface area (Å²) in [5.74, 6) is -1.17. The molecule has 5 nitrogen and oxygen atoms in total. The Balaban J connectivity index is -0.0000000886. The van der Waals surface area contributed by atoms with Gasteiger partial charge >= 0.3 is 0 Å². The molecule has 6 N–H and O–H groups in total. The quantitative estimate of drug-likeness (QED) is 0.308. The van der Waals surface area contributed by atoms with Gasteiger partial charge in [0.1, 0.15) is 0 Å². The first-order chi connectivity index (χ1) is 4.88. The second kappa shape index (κ2) is 16.0. The number of nitrogens with one attached hydrogen (secondary N) is 1. The molecule has 0 radical (unpaired) electrons. The SMILES string of the molecule is CC(=O)O.CSC.N=C(N)N. The van der Waals surface area contributed by atoms with Gasteiger partial charge in [-0.1, -0.05) is 0 Å². The lowest BCUT2D eigenvalue weighted by molar-refractivity contribution is -0.134. The van der Waals surface area contributed by atoms with Gasteiger partial charge in [-0.25, -0.2) is 0 Å². The number of aliphatic carboxylic acids is 1. The summed E-state index contributed by atoms with van der Waals surface area (Å²) in [5.41, 5.74) is 8.94. The van der Waals surface area contributed by atoms with Crippen LogP contribution in [0.2, 0.25) is 0 Å². The van der Waals surface area contributed by atoms with E-state index < -0.39 is 5.97 Å². The summed E-state index contributed by atoms with van der Waals surface area (Å²) in [6, 6.07) is 0. The first-order valence-electron chi connectivity index (χ1n) is 2.57. The molecule has 0 heterocycles. The van der Waals surface area contributed by atoms with Crippen LogP contribution in [0.3, 0.4) is 0 Å². The van der Waals surface area contributed by atoms with Crippen molar-refractivity contribution in [3.8, 4) is 0 Å². The third-order valence-electron chi connectivity index (χ3n) is 0. The van der Waals surface area contributed by atoms with Crippen LogP contribution < -0.4 is 11.5 Å². The number of carbonyl (C=O) groups is 1. The van der Waals surface area contributed by atoms with Gasteiger partial charge in [0.05, 0.1) is 0 Å². The van der Waals surface area contributed by atoms with E-state index in [-0.39, 0.29) is 5.96 Å². The predicted molar refractivity (Wildman–Crippen MR) is 48.9 cm³/mol. The van der Waals surface area contributed by atoms with Gasteiger partial charge in [-0.05, 0) is 12.5 Å². The molecule has 0 saturated carbocycles. The third kappa shape index (κ3) is 552. The zero-order valence-corrected chi connectivity index (χ0v) is 7.73. The summed E-state index contributed by atoms with van der Waals surface area (Å²) in [6.07, 6.45) is 4.08. The molecule has 0 unspecified atom stereocenters. The fourth-order valence-electron chi connectivity index (χ4n) is 0. The van der Waals surface area contributed by atoms with Gasteiger partial charge in [0.2, 0.25) is 0 Å². The molecule has 0 aliphatic carbocycles. The molecule has 0 bridgehead atoms. The standard InChI is InChI=1S/C2H4O2.C2H6S.CH5N3/c1-2(3)4;1-3-2;2-1(3)4/h1H3,(H,3,4);1-2H3;(H5,2,3,4). The summed E-state index contributed by atoms with van der Waals surface area (Å²) in [4.78, 5) is 9.00. The summed E-state index contributed by atoms with van der Waals surface area (Å²) in [5, 5.41) is 13.5. The topological polar surface area (TPSA) is 113 Å². The summed E-state index contributed by atoms with van der Waals surface area (Å²) >= 11 is 1.75. The number of nitrogens with two attached hydrogens (primary N) is 2. The van der Waals surface area contributed by atoms with Crippen molar-refractivity contribution in [2.24, 2.45) is 11.5 Å². The van der Waals surface area contributed by atoms with E-state index in [1.165, 1.54) is 0 Å². The van der Waals surface area contributed by atoms with Gasteiger partial charge in [-0.3, -0.25) is 10.2 Å². The van der Waals surface area contributed by atoms with Gasteiger partial charge in [0.25, 0.3) is 5.97 Å². The number of carboxylic acid groups (broad SMARTS) is 1. The van der Waals surface area contributed by atoms with Crippen molar-refractivity contribution >= 4 is 23.7 Å². The van der Waals surface area contributed by atoms with Crippen LogP contribution in [0, 0.1) is 5.41 Å². The maximum atomic E-state index is 9.00. The van der Waals surface area contributed by atoms with Crippen LogP contribution in [-0.2, 0) is 4.79 Å². The van der Waals surface area contributed by atoms with Crippen LogP contribution >= 0.6 is 11.8 Å². The molecule has 0 aliphatic heterocycles. The van der Waals surface area contributed by atoms with Crippen molar-refractivity contribution in [1.29, 1.82) is 5.41 Å². The average Bonchev–Trinajstić information content (AvgIpc) is 1.60. The molecule has 0 aromatic rings. The highest BCUT2D eigenvalue weighted by molar-refractivity contribution is 7.97. The number of carboxylic acids is 1. The number of hydrogen-bond donors (Lipinski definition) is 4. The van der Waals surface area contributed by atoms with Crippen molar-refractivity contribution in [2.45, 2.75) is 6.92 Å². The van der Waals surface area contributed by atoms with Crippen molar-refractivity contribution in [2.75, 3.05) is 12.5 Å². The van der Waals surface area contributed by atoms with Gasteiger partial charge in [0, 0.05) is 6.92 Å². The second-order valence-corrected chi connectivity index (χ2v) is 2.20. The minimum absolute atomic E-state index is 0.333. The molecular formula is C5H15N3O2S. The summed E-state index contributed by atoms with van der Waals surface area (Å²) in [6.45, 7) is 1.08. The molecule has 11 heavy (non-hydrogen) atoms. The van der Waals surface area contributed by atoms with Crippen LogP contribution in [0.15, 0.2) is 0 Å². The Labute approximate surface area is 70.7 Å². The molecule has 0 saturated heterocycles. The highest BCUT2D eigenvalue weighted by Gasteiger charge is 1.65. The van der Waals surface area contributed by atoms with E-state index in [1.54, 1.807) is 11.8 Å². The van der Waals surface area contributed by atoms with Gasteiger partial charge in [-0.2, -0.15) is 11.8 Å². The van der Waals surface area contributed by atoms with E-state index in [0.717, 1.165) is 6.92 Å². The molecule has 0 rings (SSSR count). The van der Waals surface area contributed by atoms with Crippen LogP contribution in [0.1, 0.15) is 6.92 Å². The van der Waals surface area contributed by atoms with E-state index in [0.29, 0.717) is 0 Å². The highest BCUT2D eigenvalue weighted by Crippen LogP contribution is 1.70. The molecular weight excluding hydrogens is 166 g/mol. The number of guanidine groups is 1. The Morgan fingerprint density at radius 1 is 1.45 bits per heavy atom. The maximum Gasteiger partial charge on any atom is 0.300 e. The van der Waals surface area contributed by atoms with Crippen LogP contribution in [0.5, 0.6) is 0 Å². The molecule has 0 fully saturated rings. The molecule has 6 heteroatoms. The van der Waals surface area contributed by atoms with Crippen LogP contribution in [0.25, 0.3) is 0 Å². The Hall–Kier alpha value is -0.910. The van der Waals surface area contributed by atoms with E-state index in [1.807, 2.05) is 12.5 Å². The molecule has 0 aliphatic rings. The molecule has 68 valence electrons. The number of rotatable bonds is 0. The van der Waals surface area contributed by atoms with E-state index in [2.05, 4.69) is 11.5 Å². The Bertz CT molecular complexity index is 87.9. The number of thioether (sulfide) groups is 1. The zero-order valence-electron chi connectivity index (χ0n) is 6.92. The largest absolute Gasteiger partial charge is 0.481 e. The second-order valence-electron chi connectivity index (χ2n) is 1.38. The fraction of sp³-hybridized carbons (Fsp3) is 0.600. The van der Waals surface area contributed by atoms with E-state index >= 15 is 0 Å². The van der Waals surface area contributed by atoms with Crippen molar-refractivity contribution < 1.29 is 9.90 Å². The van der Waals surface area contributed by atoms with Gasteiger partial charge in [0.15, 0.2) is 5.96 Å². The third-order valence-corrected chi connectivity index (χ3v) is 0. The normalized spacial score (nSPS) is 6.09. The van der Waals surface area contributed by atoms with E-state index in [9.17, 15) is 0 Å². The minimum Gasteiger partial charge on any atom is -0.481 e. The van der Waals surface area contributed by atoms with Crippen molar-refractivity contribution in [3.05, 3.63) is 0 Å². The van der Waals surface area contributed by atoms with Crippen molar-refractivity contribution in [3.63, 3.8) is 0 Å². The lowest BCUT2D eigenvalue weighted by Crippen LogP contribution is -2.20. The molecule has 0 atom stereocenters. The lowest BCUT2D eigenvalue weighted by Gasteiger charge is -1.69. The number of hydrogen-bond acceptors (Lipinski definition) is 3. The Kier molecular flexibility index (Phi) is 24.2. The Morgan fingerprint density at radius 2 is 1.45 bits per heavy atom. The van der Waals surface area contributed by atoms with Gasteiger partial charge < -0.3 is 16.6 Å². The molecule has 0 aromatic carbocycles. The van der Waals surface area contributed by atoms with Crippen LogP contribution in [0.4, 0.5) is 0 Å². The molecule has 0 amide bonds. The molecule has 0 aromatic heterocycles. The fourth-order valence-corrected chi connectivity index (χ4v) is 0. The smallest absolute Gasteiger partial charge is 0.300 e. The zero-order chi connectivity index (χ0) is 9.86. The summed E-state index contributed by atoms with van der Waals surface area (Å²) in [7, 11) is 0. The van der Waals surface area contributed by atoms with Crippen molar-refractivity contribution in [1.82, 2.24) is 0 Å². The maximum absolute atomic E-state index is 9.00. The minimum atomic E-state index is -0.833. The predicted octanol–water partition coefficient (Wildman–Crippen LogP) is -0.0913.